The van der Waals surface area contributed by atoms with E-state index in [0.29, 0.717) is 17.8 Å². The fraction of sp³-hybridized carbons (Fsp3) is 0.615. The number of imidazole rings is 1. The molecule has 0 spiro atoms. The average molecular weight is 387 g/mol. The Kier molecular flexibility index (Phi) is 5.61. The standard InChI is InChI=1S/C13H23BN5O6P/c1-3-22-13-18-9-10(15)16-6-17-11(9)19(13)12-8(20)5-24-26(14,21)23-4-7(2)25-12/h6-8,12,20-21,26H,3-5,14H2,1-2H3,(H2,15,16,17)/t7-,8-,12+/m0/s1. The first-order chi connectivity index (χ1) is 12.3. The number of fused-ring (bicyclic) bond motifs is 1. The molecule has 0 amide bonds. The van der Waals surface area contributed by atoms with Crippen molar-refractivity contribution < 1.29 is 28.5 Å². The summed E-state index contributed by atoms with van der Waals surface area (Å²) in [6.07, 6.45) is -1.21. The minimum atomic E-state index is -3.34. The maximum absolute atomic E-state index is 10.7. The second-order valence-corrected chi connectivity index (χ2v) is 8.43. The van der Waals surface area contributed by atoms with Crippen molar-refractivity contribution >= 4 is 32.4 Å². The van der Waals surface area contributed by atoms with E-state index in [1.165, 1.54) is 18.5 Å². The summed E-state index contributed by atoms with van der Waals surface area (Å²) >= 11 is 0. The van der Waals surface area contributed by atoms with Crippen LogP contribution < -0.4 is 10.5 Å². The van der Waals surface area contributed by atoms with E-state index < -0.39 is 26.3 Å². The summed E-state index contributed by atoms with van der Waals surface area (Å²) in [6, 6.07) is 0.190. The molecule has 0 saturated carbocycles. The molecular weight excluding hydrogens is 364 g/mol. The van der Waals surface area contributed by atoms with Gasteiger partial charge < -0.3 is 0 Å². The van der Waals surface area contributed by atoms with Crippen molar-refractivity contribution in [2.45, 2.75) is 32.3 Å². The Labute approximate surface area is 151 Å². The van der Waals surface area contributed by atoms with Crippen LogP contribution in [0.1, 0.15) is 20.1 Å². The monoisotopic (exact) mass is 387 g/mol. The van der Waals surface area contributed by atoms with Crippen LogP contribution in [0.2, 0.25) is 0 Å². The molecule has 1 aliphatic rings. The van der Waals surface area contributed by atoms with Crippen LogP contribution in [0.15, 0.2) is 6.33 Å². The molecule has 0 unspecified atom stereocenters. The van der Waals surface area contributed by atoms with Gasteiger partial charge in [-0.05, 0) is 0 Å². The quantitative estimate of drug-likeness (QED) is 0.450. The molecule has 0 radical (unpaired) electrons. The van der Waals surface area contributed by atoms with E-state index in [1.54, 1.807) is 6.92 Å². The van der Waals surface area contributed by atoms with Gasteiger partial charge in [0.2, 0.25) is 0 Å². The number of aliphatic hydroxyl groups excluding tert-OH is 1. The molecule has 26 heavy (non-hydrogen) atoms. The van der Waals surface area contributed by atoms with Crippen LogP contribution in [0.25, 0.3) is 11.2 Å². The number of rotatable bonds is 3. The summed E-state index contributed by atoms with van der Waals surface area (Å²) in [4.78, 5) is 22.6. The van der Waals surface area contributed by atoms with Gasteiger partial charge in [0.05, 0.1) is 0 Å². The second-order valence-electron chi connectivity index (χ2n) is 6.05. The van der Waals surface area contributed by atoms with Crippen molar-refractivity contribution in [1.29, 1.82) is 0 Å². The molecule has 3 rings (SSSR count). The zero-order valence-electron chi connectivity index (χ0n) is 14.8. The van der Waals surface area contributed by atoms with Crippen LogP contribution in [0.4, 0.5) is 5.82 Å². The summed E-state index contributed by atoms with van der Waals surface area (Å²) in [5.74, 6) is 0.190. The topological polar surface area (TPSA) is 147 Å². The third-order valence-electron chi connectivity index (χ3n) is 3.81. The van der Waals surface area contributed by atoms with E-state index in [1.807, 2.05) is 6.92 Å². The fourth-order valence-corrected chi connectivity index (χ4v) is 3.71. The molecule has 1 saturated heterocycles. The fourth-order valence-electron chi connectivity index (χ4n) is 2.60. The maximum atomic E-state index is 10.7. The molecule has 2 aromatic rings. The van der Waals surface area contributed by atoms with Crippen molar-refractivity contribution in [3.63, 3.8) is 0 Å². The summed E-state index contributed by atoms with van der Waals surface area (Å²) in [6.45, 7) is 3.83. The van der Waals surface area contributed by atoms with Crippen LogP contribution in [0.5, 0.6) is 6.01 Å². The minimum absolute atomic E-state index is 0.107. The van der Waals surface area contributed by atoms with Crippen LogP contribution >= 0.6 is 7.82 Å². The Morgan fingerprint density at radius 3 is 2.88 bits per heavy atom. The SMILES string of the molecule is B[PH]1(O)OC[C@H](C)O[C@@H](n2c(OCC)nc3c(N)ncnc32)[C@@H](O)CO1. The van der Waals surface area contributed by atoms with E-state index in [-0.39, 0.29) is 25.0 Å². The first-order valence-corrected chi connectivity index (χ1v) is 10.5. The number of nitrogens with two attached hydrogens (primary N) is 1. The van der Waals surface area contributed by atoms with E-state index >= 15 is 0 Å². The van der Waals surface area contributed by atoms with Crippen LogP contribution in [-0.2, 0) is 13.8 Å². The number of hydrogen-bond donors (Lipinski definition) is 3. The number of aliphatic hydroxyl groups is 1. The molecule has 144 valence electrons. The predicted molar refractivity (Wildman–Crippen MR) is 97.5 cm³/mol. The number of nitrogen functional groups attached to an aromatic ring is 1. The van der Waals surface area contributed by atoms with Crippen LogP contribution in [0, 0.1) is 0 Å². The molecule has 1 aliphatic heterocycles. The van der Waals surface area contributed by atoms with Crippen molar-refractivity contribution in [3.05, 3.63) is 6.33 Å². The number of aromatic nitrogens is 4. The van der Waals surface area contributed by atoms with Gasteiger partial charge in [0, 0.05) is 0 Å². The third kappa shape index (κ3) is 3.90. The van der Waals surface area contributed by atoms with Crippen molar-refractivity contribution in [2.24, 2.45) is 0 Å². The van der Waals surface area contributed by atoms with Gasteiger partial charge in [0.1, 0.15) is 0 Å². The molecule has 3 heterocycles. The average Bonchev–Trinajstić information content (AvgIpc) is 2.96. The van der Waals surface area contributed by atoms with Crippen LogP contribution in [-0.4, -0.2) is 69.1 Å². The Hall–Kier alpha value is -1.56. The van der Waals surface area contributed by atoms with Crippen molar-refractivity contribution in [3.8, 4) is 6.01 Å². The zero-order valence-corrected chi connectivity index (χ0v) is 15.8. The molecule has 11 nitrogen and oxygen atoms in total. The molecule has 0 aromatic carbocycles. The van der Waals surface area contributed by atoms with Gasteiger partial charge in [-0.2, -0.15) is 0 Å². The molecule has 0 aliphatic carbocycles. The van der Waals surface area contributed by atoms with Gasteiger partial charge in [-0.1, -0.05) is 0 Å². The summed E-state index contributed by atoms with van der Waals surface area (Å²) < 4.78 is 23.8. The number of nitrogens with zero attached hydrogens (tertiary/aromatic N) is 4. The molecule has 0 bridgehead atoms. The van der Waals surface area contributed by atoms with Gasteiger partial charge >= 0.3 is 151 Å². The predicted octanol–water partition coefficient (Wildman–Crippen LogP) is -0.846. The Balaban J connectivity index is 2.07. The Morgan fingerprint density at radius 2 is 2.15 bits per heavy atom. The first-order valence-electron chi connectivity index (χ1n) is 8.27. The van der Waals surface area contributed by atoms with Crippen LogP contribution in [0.3, 0.4) is 0 Å². The summed E-state index contributed by atoms with van der Waals surface area (Å²) in [7, 11) is -1.85. The van der Waals surface area contributed by atoms with Gasteiger partial charge in [0.25, 0.3) is 0 Å². The van der Waals surface area contributed by atoms with Gasteiger partial charge in [-0.25, -0.2) is 0 Å². The Bertz CT molecular complexity index is 777. The van der Waals surface area contributed by atoms with Gasteiger partial charge in [-0.3, -0.25) is 0 Å². The number of ether oxygens (including phenoxy) is 2. The molecule has 4 N–H and O–H groups in total. The van der Waals surface area contributed by atoms with E-state index in [9.17, 15) is 10.00 Å². The molecular formula is C13H23BN5O6P. The van der Waals surface area contributed by atoms with Crippen molar-refractivity contribution in [1.82, 2.24) is 19.5 Å². The van der Waals surface area contributed by atoms with E-state index in [0.717, 1.165) is 0 Å². The third-order valence-corrected chi connectivity index (χ3v) is 5.21. The second kappa shape index (κ2) is 7.59. The zero-order chi connectivity index (χ0) is 18.9. The molecule has 13 heteroatoms. The Morgan fingerprint density at radius 1 is 1.42 bits per heavy atom. The van der Waals surface area contributed by atoms with Gasteiger partial charge in [-0.15, -0.1) is 0 Å². The first kappa shape index (κ1) is 19.2. The number of hydrogen-bond acceptors (Lipinski definition) is 10. The molecule has 1 fully saturated rings. The van der Waals surface area contributed by atoms with Crippen molar-refractivity contribution in [2.75, 3.05) is 25.6 Å². The normalized spacial score (nSPS) is 28.1. The number of anilines is 1. The van der Waals surface area contributed by atoms with Gasteiger partial charge in [0.15, 0.2) is 0 Å². The summed E-state index contributed by atoms with van der Waals surface area (Å²) in [5.41, 5.74) is 6.59. The van der Waals surface area contributed by atoms with E-state index in [2.05, 4.69) is 15.0 Å². The molecule has 3 atom stereocenters. The molecule has 2 aromatic heterocycles. The van der Waals surface area contributed by atoms with E-state index in [4.69, 9.17) is 24.3 Å². The summed E-state index contributed by atoms with van der Waals surface area (Å²) in [5, 5.41) is 10.7.